The van der Waals surface area contributed by atoms with Crippen LogP contribution in [0.5, 0.6) is 5.75 Å². The lowest BCUT2D eigenvalue weighted by Crippen LogP contribution is -2.13. The Morgan fingerprint density at radius 1 is 0.926 bits per heavy atom. The summed E-state index contributed by atoms with van der Waals surface area (Å²) >= 11 is 12.2. The summed E-state index contributed by atoms with van der Waals surface area (Å²) in [4.78, 5) is -0.139. The molecule has 8 heteroatoms. The fourth-order valence-electron chi connectivity index (χ4n) is 2.88. The van der Waals surface area contributed by atoms with E-state index >= 15 is 0 Å². The molecule has 0 radical (unpaired) electrons. The number of hydrogen-bond donors (Lipinski definition) is 1. The number of rotatable bonds is 4. The summed E-state index contributed by atoms with van der Waals surface area (Å²) in [6.07, 6.45) is 0. The molecule has 1 heterocycles. The van der Waals surface area contributed by atoms with Crippen molar-refractivity contribution in [3.63, 3.8) is 0 Å². The maximum absolute atomic E-state index is 12.8. The maximum Gasteiger partial charge on any atom is 0.263 e. The molecule has 1 N–H and O–H groups in total. The number of fused-ring (bicyclic) bond motifs is 3. The van der Waals surface area contributed by atoms with Gasteiger partial charge in [0.25, 0.3) is 10.0 Å². The molecule has 0 bridgehead atoms. The van der Waals surface area contributed by atoms with Crippen molar-refractivity contribution in [3.8, 4) is 5.75 Å². The number of nitrogens with one attached hydrogen (secondary N) is 1. The highest BCUT2D eigenvalue weighted by atomic mass is 35.5. The van der Waals surface area contributed by atoms with Crippen LogP contribution in [0.4, 0.5) is 5.69 Å². The lowest BCUT2D eigenvalue weighted by atomic mass is 10.1. The number of furan rings is 1. The number of anilines is 1. The second-order valence-corrected chi connectivity index (χ2v) is 8.22. The van der Waals surface area contributed by atoms with Gasteiger partial charge in [0.05, 0.1) is 17.8 Å². The molecule has 3 aromatic carbocycles. The predicted octanol–water partition coefficient (Wildman–Crippen LogP) is 5.70. The summed E-state index contributed by atoms with van der Waals surface area (Å²) in [6, 6.07) is 15.5. The van der Waals surface area contributed by atoms with Gasteiger partial charge in [-0.05, 0) is 30.3 Å². The molecule has 27 heavy (non-hydrogen) atoms. The Bertz CT molecular complexity index is 1280. The summed E-state index contributed by atoms with van der Waals surface area (Å²) in [5.41, 5.74) is 1.66. The van der Waals surface area contributed by atoms with Crippen LogP contribution < -0.4 is 9.46 Å². The van der Waals surface area contributed by atoms with Gasteiger partial charge in [0.2, 0.25) is 0 Å². The molecule has 0 amide bonds. The smallest absolute Gasteiger partial charge is 0.263 e. The molecule has 4 rings (SSSR count). The third-order valence-electron chi connectivity index (χ3n) is 4.15. The van der Waals surface area contributed by atoms with E-state index in [0.29, 0.717) is 17.0 Å². The predicted molar refractivity (Wildman–Crippen MR) is 108 cm³/mol. The van der Waals surface area contributed by atoms with E-state index in [1.54, 1.807) is 12.1 Å². The molecule has 0 unspecified atom stereocenters. The Morgan fingerprint density at radius 3 is 2.44 bits per heavy atom. The summed E-state index contributed by atoms with van der Waals surface area (Å²) < 4.78 is 38.9. The average molecular weight is 422 g/mol. The number of halogens is 2. The van der Waals surface area contributed by atoms with Crippen LogP contribution in [0, 0.1) is 0 Å². The van der Waals surface area contributed by atoms with Crippen molar-refractivity contribution < 1.29 is 17.6 Å². The summed E-state index contributed by atoms with van der Waals surface area (Å²) in [7, 11) is -2.53. The van der Waals surface area contributed by atoms with Gasteiger partial charge in [0, 0.05) is 16.8 Å². The highest BCUT2D eigenvalue weighted by Gasteiger charge is 2.22. The molecule has 0 fully saturated rings. The topological polar surface area (TPSA) is 68.5 Å². The van der Waals surface area contributed by atoms with Crippen molar-refractivity contribution in [1.29, 1.82) is 0 Å². The number of sulfonamides is 1. The van der Waals surface area contributed by atoms with Crippen molar-refractivity contribution in [2.45, 2.75) is 4.90 Å². The molecule has 5 nitrogen and oxygen atoms in total. The number of hydrogen-bond acceptors (Lipinski definition) is 4. The van der Waals surface area contributed by atoms with Crippen molar-refractivity contribution >= 4 is 60.9 Å². The first kappa shape index (κ1) is 18.0. The van der Waals surface area contributed by atoms with Gasteiger partial charge in [-0.15, -0.1) is 0 Å². The van der Waals surface area contributed by atoms with Crippen LogP contribution >= 0.6 is 23.2 Å². The quantitative estimate of drug-likeness (QED) is 0.458. The average Bonchev–Trinajstić information content (AvgIpc) is 3.01. The Balaban J connectivity index is 1.74. The minimum absolute atomic E-state index is 0.0368. The van der Waals surface area contributed by atoms with E-state index in [4.69, 9.17) is 32.4 Å². The standard InChI is InChI=1S/C19H13Cl2NO4S/c1-25-15-8-9-17(19(21)18(15)20)27(23,24)22-11-6-7-13-12-4-2-3-5-14(12)26-16(13)10-11/h2-10,22H,1H3. The lowest BCUT2D eigenvalue weighted by Gasteiger charge is -2.12. The van der Waals surface area contributed by atoms with Crippen LogP contribution in [0.15, 0.2) is 63.9 Å². The van der Waals surface area contributed by atoms with Gasteiger partial charge in [-0.1, -0.05) is 41.4 Å². The van der Waals surface area contributed by atoms with Gasteiger partial charge in [0.15, 0.2) is 0 Å². The lowest BCUT2D eigenvalue weighted by molar-refractivity contribution is 0.414. The third kappa shape index (κ3) is 3.10. The van der Waals surface area contributed by atoms with Crippen LogP contribution in [0.2, 0.25) is 10.0 Å². The fourth-order valence-corrected chi connectivity index (χ4v) is 4.77. The first-order valence-corrected chi connectivity index (χ1v) is 10.1. The molecule has 0 aliphatic carbocycles. The largest absolute Gasteiger partial charge is 0.495 e. The second-order valence-electron chi connectivity index (χ2n) is 5.81. The first-order chi connectivity index (χ1) is 12.9. The molecule has 0 saturated carbocycles. The van der Waals surface area contributed by atoms with Gasteiger partial charge < -0.3 is 9.15 Å². The molecule has 0 aliphatic heterocycles. The van der Waals surface area contributed by atoms with E-state index < -0.39 is 10.0 Å². The second kappa shape index (κ2) is 6.64. The zero-order chi connectivity index (χ0) is 19.2. The van der Waals surface area contributed by atoms with Gasteiger partial charge in [-0.25, -0.2) is 8.42 Å². The minimum atomic E-state index is -3.95. The summed E-state index contributed by atoms with van der Waals surface area (Å²) in [5, 5.41) is 1.80. The van der Waals surface area contributed by atoms with E-state index in [-0.39, 0.29) is 14.9 Å². The molecule has 0 atom stereocenters. The van der Waals surface area contributed by atoms with E-state index in [1.807, 2.05) is 30.3 Å². The van der Waals surface area contributed by atoms with Gasteiger partial charge in [-0.3, -0.25) is 4.72 Å². The molecular formula is C19H13Cl2NO4S. The van der Waals surface area contributed by atoms with Gasteiger partial charge >= 0.3 is 0 Å². The number of para-hydroxylation sites is 1. The molecular weight excluding hydrogens is 409 g/mol. The molecule has 0 aliphatic rings. The Labute approximate surface area is 165 Å². The fraction of sp³-hybridized carbons (Fsp3) is 0.0526. The van der Waals surface area contributed by atoms with Crippen molar-refractivity contribution in [3.05, 3.63) is 64.6 Å². The first-order valence-electron chi connectivity index (χ1n) is 7.87. The molecule has 138 valence electrons. The van der Waals surface area contributed by atoms with Crippen LogP contribution in [-0.4, -0.2) is 15.5 Å². The van der Waals surface area contributed by atoms with Crippen LogP contribution in [0.25, 0.3) is 21.9 Å². The normalized spacial score (nSPS) is 11.8. The van der Waals surface area contributed by atoms with E-state index in [0.717, 1.165) is 16.4 Å². The van der Waals surface area contributed by atoms with Gasteiger partial charge in [0.1, 0.15) is 26.8 Å². The number of methoxy groups -OCH3 is 1. The summed E-state index contributed by atoms with van der Waals surface area (Å²) in [5.74, 6) is 0.296. The summed E-state index contributed by atoms with van der Waals surface area (Å²) in [6.45, 7) is 0. The van der Waals surface area contributed by atoms with Crippen LogP contribution in [0.1, 0.15) is 0 Å². The van der Waals surface area contributed by atoms with Crippen molar-refractivity contribution in [2.75, 3.05) is 11.8 Å². The number of ether oxygens (including phenoxy) is 1. The molecule has 4 aromatic rings. The molecule has 0 saturated heterocycles. The van der Waals surface area contributed by atoms with Crippen LogP contribution in [-0.2, 0) is 10.0 Å². The Kier molecular flexibility index (Phi) is 4.42. The zero-order valence-corrected chi connectivity index (χ0v) is 16.3. The maximum atomic E-state index is 12.8. The van der Waals surface area contributed by atoms with E-state index in [2.05, 4.69) is 4.72 Å². The molecule has 1 aromatic heterocycles. The van der Waals surface area contributed by atoms with Crippen LogP contribution in [0.3, 0.4) is 0 Å². The molecule has 0 spiro atoms. The highest BCUT2D eigenvalue weighted by Crippen LogP contribution is 2.37. The van der Waals surface area contributed by atoms with Crippen molar-refractivity contribution in [2.24, 2.45) is 0 Å². The highest BCUT2D eigenvalue weighted by molar-refractivity contribution is 7.92. The van der Waals surface area contributed by atoms with Gasteiger partial charge in [-0.2, -0.15) is 0 Å². The monoisotopic (exact) mass is 421 g/mol. The number of benzene rings is 3. The Morgan fingerprint density at radius 2 is 1.67 bits per heavy atom. The Hall–Kier alpha value is -2.41. The van der Waals surface area contributed by atoms with Crippen molar-refractivity contribution in [1.82, 2.24) is 0 Å². The third-order valence-corrected chi connectivity index (χ3v) is 6.55. The SMILES string of the molecule is COc1ccc(S(=O)(=O)Nc2ccc3c(c2)oc2ccccc23)c(Cl)c1Cl. The van der Waals surface area contributed by atoms with E-state index in [9.17, 15) is 8.42 Å². The minimum Gasteiger partial charge on any atom is -0.495 e. The van der Waals surface area contributed by atoms with E-state index in [1.165, 1.54) is 19.2 Å². The zero-order valence-electron chi connectivity index (χ0n) is 14.0.